The number of ether oxygens (including phenoxy) is 1. The molecule has 2 aliphatic heterocycles. The van der Waals surface area contributed by atoms with Gasteiger partial charge in [-0.25, -0.2) is 0 Å². The van der Waals surface area contributed by atoms with Crippen molar-refractivity contribution in [2.24, 2.45) is 0 Å². The standard InChI is InChI=1S/C8H13NO2/c10-8-2-1-7-6-11-4-3-9(7)5-8/h7H,1-6H2. The van der Waals surface area contributed by atoms with Crippen molar-refractivity contribution in [3.63, 3.8) is 0 Å². The monoisotopic (exact) mass is 155 g/mol. The van der Waals surface area contributed by atoms with Crippen molar-refractivity contribution in [2.75, 3.05) is 26.3 Å². The molecule has 0 amide bonds. The van der Waals surface area contributed by atoms with Crippen LogP contribution in [0, 0.1) is 0 Å². The molecule has 3 heteroatoms. The summed E-state index contributed by atoms with van der Waals surface area (Å²) in [4.78, 5) is 13.3. The van der Waals surface area contributed by atoms with Gasteiger partial charge in [-0.15, -0.1) is 0 Å². The van der Waals surface area contributed by atoms with Crippen molar-refractivity contribution < 1.29 is 9.53 Å². The van der Waals surface area contributed by atoms with Crippen molar-refractivity contribution in [1.82, 2.24) is 4.90 Å². The molecule has 0 bridgehead atoms. The molecule has 0 N–H and O–H groups in total. The second kappa shape index (κ2) is 2.91. The summed E-state index contributed by atoms with van der Waals surface area (Å²) in [5.74, 6) is 0.392. The summed E-state index contributed by atoms with van der Waals surface area (Å²) >= 11 is 0. The minimum atomic E-state index is 0.392. The molecular weight excluding hydrogens is 142 g/mol. The van der Waals surface area contributed by atoms with Gasteiger partial charge in [0.1, 0.15) is 5.78 Å². The maximum absolute atomic E-state index is 11.0. The van der Waals surface area contributed by atoms with Crippen LogP contribution in [0.4, 0.5) is 0 Å². The number of hydrogen-bond acceptors (Lipinski definition) is 3. The predicted octanol–water partition coefficient (Wildman–Crippen LogP) is 0.0501. The van der Waals surface area contributed by atoms with E-state index in [0.29, 0.717) is 18.4 Å². The molecule has 0 radical (unpaired) electrons. The molecule has 0 saturated carbocycles. The first-order valence-electron chi connectivity index (χ1n) is 4.20. The first-order chi connectivity index (χ1) is 5.36. The first-order valence-corrected chi connectivity index (χ1v) is 4.20. The number of carbonyl (C=O) groups excluding carboxylic acids is 1. The average Bonchev–Trinajstić information content (AvgIpc) is 2.04. The van der Waals surface area contributed by atoms with Crippen molar-refractivity contribution >= 4 is 5.78 Å². The fourth-order valence-electron chi connectivity index (χ4n) is 1.80. The van der Waals surface area contributed by atoms with E-state index in [9.17, 15) is 4.79 Å². The summed E-state index contributed by atoms with van der Waals surface area (Å²) in [6.07, 6.45) is 1.75. The maximum atomic E-state index is 11.0. The molecule has 0 aliphatic carbocycles. The Morgan fingerprint density at radius 3 is 3.36 bits per heavy atom. The minimum absolute atomic E-state index is 0.392. The smallest absolute Gasteiger partial charge is 0.146 e. The largest absolute Gasteiger partial charge is 0.378 e. The third-order valence-electron chi connectivity index (χ3n) is 2.49. The molecule has 3 nitrogen and oxygen atoms in total. The summed E-state index contributed by atoms with van der Waals surface area (Å²) < 4.78 is 5.32. The summed E-state index contributed by atoms with van der Waals surface area (Å²) in [6.45, 7) is 3.22. The average molecular weight is 155 g/mol. The maximum Gasteiger partial charge on any atom is 0.146 e. The van der Waals surface area contributed by atoms with Gasteiger partial charge < -0.3 is 4.74 Å². The van der Waals surface area contributed by atoms with Crippen LogP contribution >= 0.6 is 0 Å². The highest BCUT2D eigenvalue weighted by atomic mass is 16.5. The Morgan fingerprint density at radius 1 is 1.55 bits per heavy atom. The molecule has 2 rings (SSSR count). The summed E-state index contributed by atoms with van der Waals surface area (Å²) in [7, 11) is 0. The van der Waals surface area contributed by atoms with E-state index >= 15 is 0 Å². The lowest BCUT2D eigenvalue weighted by molar-refractivity contribution is -0.127. The number of rotatable bonds is 0. The molecule has 1 unspecified atom stereocenters. The van der Waals surface area contributed by atoms with E-state index in [1.807, 2.05) is 0 Å². The van der Waals surface area contributed by atoms with E-state index in [1.165, 1.54) is 0 Å². The fraction of sp³-hybridized carbons (Fsp3) is 0.875. The summed E-state index contributed by atoms with van der Waals surface area (Å²) in [6, 6.07) is 0.529. The molecule has 0 aromatic heterocycles. The third kappa shape index (κ3) is 1.44. The Balaban J connectivity index is 1.98. The number of piperidine rings is 1. The van der Waals surface area contributed by atoms with Crippen LogP contribution in [0.25, 0.3) is 0 Å². The Kier molecular flexibility index (Phi) is 1.92. The Labute approximate surface area is 66.3 Å². The van der Waals surface area contributed by atoms with Crippen LogP contribution in [0.2, 0.25) is 0 Å². The third-order valence-corrected chi connectivity index (χ3v) is 2.49. The Morgan fingerprint density at radius 2 is 2.45 bits per heavy atom. The lowest BCUT2D eigenvalue weighted by Gasteiger charge is -2.37. The topological polar surface area (TPSA) is 29.5 Å². The van der Waals surface area contributed by atoms with Crippen LogP contribution in [-0.2, 0) is 9.53 Å². The zero-order valence-corrected chi connectivity index (χ0v) is 6.58. The zero-order chi connectivity index (χ0) is 7.68. The van der Waals surface area contributed by atoms with Gasteiger partial charge >= 0.3 is 0 Å². The molecule has 2 aliphatic rings. The number of hydrogen-bond donors (Lipinski definition) is 0. The first kappa shape index (κ1) is 7.25. The van der Waals surface area contributed by atoms with Gasteiger partial charge in [0.15, 0.2) is 0 Å². The highest BCUT2D eigenvalue weighted by Gasteiger charge is 2.28. The van der Waals surface area contributed by atoms with Crippen LogP contribution in [0.5, 0.6) is 0 Å². The van der Waals surface area contributed by atoms with Crippen molar-refractivity contribution in [1.29, 1.82) is 0 Å². The van der Waals surface area contributed by atoms with Gasteiger partial charge in [0.2, 0.25) is 0 Å². The van der Waals surface area contributed by atoms with Crippen molar-refractivity contribution in [2.45, 2.75) is 18.9 Å². The summed E-state index contributed by atoms with van der Waals surface area (Å²) in [5.41, 5.74) is 0. The molecule has 2 fully saturated rings. The Bertz CT molecular complexity index is 169. The van der Waals surface area contributed by atoms with E-state index in [4.69, 9.17) is 4.74 Å². The molecule has 2 heterocycles. The fourth-order valence-corrected chi connectivity index (χ4v) is 1.80. The summed E-state index contributed by atoms with van der Waals surface area (Å²) in [5, 5.41) is 0. The number of carbonyl (C=O) groups is 1. The number of morpholine rings is 1. The second-order valence-electron chi connectivity index (χ2n) is 3.28. The zero-order valence-electron chi connectivity index (χ0n) is 6.58. The molecular formula is C8H13NO2. The molecule has 2 saturated heterocycles. The highest BCUT2D eigenvalue weighted by Crippen LogP contribution is 2.17. The molecule has 0 aromatic rings. The van der Waals surface area contributed by atoms with Crippen LogP contribution < -0.4 is 0 Å². The number of fused-ring (bicyclic) bond motifs is 1. The van der Waals surface area contributed by atoms with Crippen molar-refractivity contribution in [3.05, 3.63) is 0 Å². The predicted molar refractivity (Wildman–Crippen MR) is 40.4 cm³/mol. The molecule has 62 valence electrons. The second-order valence-corrected chi connectivity index (χ2v) is 3.28. The van der Waals surface area contributed by atoms with Gasteiger partial charge in [0, 0.05) is 19.0 Å². The number of ketones is 1. The van der Waals surface area contributed by atoms with Gasteiger partial charge in [-0.3, -0.25) is 9.69 Å². The van der Waals surface area contributed by atoms with Gasteiger partial charge in [-0.05, 0) is 6.42 Å². The van der Waals surface area contributed by atoms with E-state index in [1.54, 1.807) is 0 Å². The molecule has 11 heavy (non-hydrogen) atoms. The quantitative estimate of drug-likeness (QED) is 0.495. The van der Waals surface area contributed by atoms with Gasteiger partial charge in [-0.2, -0.15) is 0 Å². The van der Waals surface area contributed by atoms with Crippen molar-refractivity contribution in [3.8, 4) is 0 Å². The normalized spacial score (nSPS) is 33.5. The van der Waals surface area contributed by atoms with E-state index in [0.717, 1.165) is 32.6 Å². The highest BCUT2D eigenvalue weighted by molar-refractivity contribution is 5.81. The van der Waals surface area contributed by atoms with Gasteiger partial charge in [0.25, 0.3) is 0 Å². The molecule has 0 aromatic carbocycles. The van der Waals surface area contributed by atoms with E-state index < -0.39 is 0 Å². The van der Waals surface area contributed by atoms with Crippen LogP contribution in [-0.4, -0.2) is 43.0 Å². The molecule has 1 atom stereocenters. The van der Waals surface area contributed by atoms with Crippen LogP contribution in [0.3, 0.4) is 0 Å². The number of nitrogens with zero attached hydrogens (tertiary/aromatic N) is 1. The van der Waals surface area contributed by atoms with E-state index in [2.05, 4.69) is 4.90 Å². The lowest BCUT2D eigenvalue weighted by atomic mass is 10.0. The SMILES string of the molecule is O=C1CCC2COCCN2C1. The van der Waals surface area contributed by atoms with Crippen LogP contribution in [0.1, 0.15) is 12.8 Å². The van der Waals surface area contributed by atoms with Gasteiger partial charge in [-0.1, -0.05) is 0 Å². The minimum Gasteiger partial charge on any atom is -0.378 e. The van der Waals surface area contributed by atoms with Gasteiger partial charge in [0.05, 0.1) is 19.8 Å². The lowest BCUT2D eigenvalue weighted by Crippen LogP contribution is -2.50. The molecule has 0 spiro atoms. The Hall–Kier alpha value is -0.410. The van der Waals surface area contributed by atoms with E-state index in [-0.39, 0.29) is 0 Å². The number of Topliss-reactive ketones (excluding diaryl/α,β-unsaturated/α-hetero) is 1. The van der Waals surface area contributed by atoms with Crippen LogP contribution in [0.15, 0.2) is 0 Å².